The third-order valence-corrected chi connectivity index (χ3v) is 5.74. The molecule has 5 nitrogen and oxygen atoms in total. The van der Waals surface area contributed by atoms with Crippen LogP contribution in [0.2, 0.25) is 0 Å². The molecule has 1 heterocycles. The molecule has 1 amide bonds. The van der Waals surface area contributed by atoms with Crippen molar-refractivity contribution in [3.63, 3.8) is 0 Å². The van der Waals surface area contributed by atoms with E-state index in [2.05, 4.69) is 19.2 Å². The Labute approximate surface area is 132 Å². The summed E-state index contributed by atoms with van der Waals surface area (Å²) in [5.41, 5.74) is 0.464. The fourth-order valence-corrected chi connectivity index (χ4v) is 4.69. The fourth-order valence-electron chi connectivity index (χ4n) is 2.59. The Kier molecular flexibility index (Phi) is 4.80. The van der Waals surface area contributed by atoms with E-state index in [1.165, 1.54) is 0 Å². The Hall–Kier alpha value is -1.56. The molecule has 1 saturated heterocycles. The van der Waals surface area contributed by atoms with E-state index in [0.29, 0.717) is 18.1 Å². The van der Waals surface area contributed by atoms with E-state index in [-0.39, 0.29) is 24.0 Å². The van der Waals surface area contributed by atoms with Crippen LogP contribution in [0, 0.1) is 0 Å². The van der Waals surface area contributed by atoms with Crippen LogP contribution in [0.4, 0.5) is 0 Å². The van der Waals surface area contributed by atoms with Gasteiger partial charge in [0.25, 0.3) is 5.91 Å². The highest BCUT2D eigenvalue weighted by molar-refractivity contribution is 7.91. The van der Waals surface area contributed by atoms with Gasteiger partial charge >= 0.3 is 0 Å². The van der Waals surface area contributed by atoms with Crippen LogP contribution in [-0.2, 0) is 14.6 Å². The highest BCUT2D eigenvalue weighted by Gasteiger charge is 2.39. The molecule has 122 valence electrons. The van der Waals surface area contributed by atoms with Gasteiger partial charge in [-0.05, 0) is 37.0 Å². The van der Waals surface area contributed by atoms with Gasteiger partial charge in [0.2, 0.25) is 0 Å². The number of ether oxygens (including phenoxy) is 1. The summed E-state index contributed by atoms with van der Waals surface area (Å²) in [6, 6.07) is 7.63. The SMILES string of the molecule is CC(C)c1cccc(OCC(=O)N[C@]2(C)CCS(=O)(=O)C2)c1. The summed E-state index contributed by atoms with van der Waals surface area (Å²) in [7, 11) is -3.04. The van der Waals surface area contributed by atoms with E-state index >= 15 is 0 Å². The van der Waals surface area contributed by atoms with Crippen molar-refractivity contribution < 1.29 is 17.9 Å². The highest BCUT2D eigenvalue weighted by atomic mass is 32.2. The molecule has 0 spiro atoms. The molecule has 0 radical (unpaired) electrons. The standard InChI is InChI=1S/C16H23NO4S/c1-12(2)13-5-4-6-14(9-13)21-10-15(18)17-16(3)7-8-22(19,20)11-16/h4-6,9,12H,7-8,10-11H2,1-3H3,(H,17,18)/t16-/m1/s1. The van der Waals surface area contributed by atoms with E-state index in [1.54, 1.807) is 13.0 Å². The number of benzene rings is 1. The van der Waals surface area contributed by atoms with Gasteiger partial charge < -0.3 is 10.1 Å². The Bertz CT molecular complexity index is 654. The van der Waals surface area contributed by atoms with Gasteiger partial charge in [0.05, 0.1) is 17.0 Å². The maximum atomic E-state index is 12.0. The molecule has 0 aliphatic carbocycles. The van der Waals surface area contributed by atoms with Crippen molar-refractivity contribution in [1.29, 1.82) is 0 Å². The summed E-state index contributed by atoms with van der Waals surface area (Å²) in [6.07, 6.45) is 0.448. The van der Waals surface area contributed by atoms with Gasteiger partial charge in [-0.15, -0.1) is 0 Å². The lowest BCUT2D eigenvalue weighted by atomic mass is 10.0. The normalized spacial score (nSPS) is 23.5. The smallest absolute Gasteiger partial charge is 0.258 e. The molecule has 1 aliphatic heterocycles. The summed E-state index contributed by atoms with van der Waals surface area (Å²) >= 11 is 0. The van der Waals surface area contributed by atoms with Gasteiger partial charge in [-0.3, -0.25) is 4.79 Å². The Morgan fingerprint density at radius 3 is 2.73 bits per heavy atom. The molecule has 0 saturated carbocycles. The largest absolute Gasteiger partial charge is 0.484 e. The summed E-state index contributed by atoms with van der Waals surface area (Å²) in [5, 5.41) is 2.78. The summed E-state index contributed by atoms with van der Waals surface area (Å²) in [4.78, 5) is 12.0. The molecule has 22 heavy (non-hydrogen) atoms. The van der Waals surface area contributed by atoms with E-state index in [4.69, 9.17) is 4.74 Å². The molecule has 1 aromatic rings. The molecular weight excluding hydrogens is 302 g/mol. The molecule has 1 fully saturated rings. The predicted molar refractivity (Wildman–Crippen MR) is 85.8 cm³/mol. The number of carbonyl (C=O) groups excluding carboxylic acids is 1. The molecule has 2 rings (SSSR count). The van der Waals surface area contributed by atoms with Gasteiger partial charge in [0, 0.05) is 0 Å². The van der Waals surface area contributed by atoms with Gasteiger partial charge in [0.15, 0.2) is 16.4 Å². The van der Waals surface area contributed by atoms with Crippen molar-refractivity contribution in [1.82, 2.24) is 5.32 Å². The lowest BCUT2D eigenvalue weighted by Gasteiger charge is -2.23. The van der Waals surface area contributed by atoms with Crippen molar-refractivity contribution in [3.8, 4) is 5.75 Å². The zero-order chi connectivity index (χ0) is 16.4. The second-order valence-corrected chi connectivity index (χ2v) is 8.65. The summed E-state index contributed by atoms with van der Waals surface area (Å²) < 4.78 is 28.6. The first kappa shape index (κ1) is 16.8. The van der Waals surface area contributed by atoms with Crippen molar-refractivity contribution >= 4 is 15.7 Å². The Balaban J connectivity index is 1.89. The van der Waals surface area contributed by atoms with E-state index in [0.717, 1.165) is 5.56 Å². The first-order valence-corrected chi connectivity index (χ1v) is 9.25. The number of carbonyl (C=O) groups is 1. The van der Waals surface area contributed by atoms with Crippen LogP contribution in [0.1, 0.15) is 38.7 Å². The number of nitrogens with one attached hydrogen (secondary N) is 1. The number of amides is 1. The molecule has 1 aliphatic rings. The molecular formula is C16H23NO4S. The Morgan fingerprint density at radius 2 is 2.14 bits per heavy atom. The monoisotopic (exact) mass is 325 g/mol. The lowest BCUT2D eigenvalue weighted by molar-refractivity contribution is -0.124. The molecule has 1 N–H and O–H groups in total. The fraction of sp³-hybridized carbons (Fsp3) is 0.562. The van der Waals surface area contributed by atoms with Gasteiger partial charge in [-0.25, -0.2) is 8.42 Å². The zero-order valence-corrected chi connectivity index (χ0v) is 14.1. The van der Waals surface area contributed by atoms with Crippen molar-refractivity contribution in [3.05, 3.63) is 29.8 Å². The quantitative estimate of drug-likeness (QED) is 0.897. The predicted octanol–water partition coefficient (Wildman–Crippen LogP) is 1.88. The lowest BCUT2D eigenvalue weighted by Crippen LogP contribution is -2.48. The van der Waals surface area contributed by atoms with E-state index in [1.807, 2.05) is 18.2 Å². The van der Waals surface area contributed by atoms with E-state index in [9.17, 15) is 13.2 Å². The highest BCUT2D eigenvalue weighted by Crippen LogP contribution is 2.23. The van der Waals surface area contributed by atoms with Crippen molar-refractivity contribution in [2.24, 2.45) is 0 Å². The minimum absolute atomic E-state index is 0.00538. The van der Waals surface area contributed by atoms with Crippen LogP contribution in [0.25, 0.3) is 0 Å². The second kappa shape index (κ2) is 6.28. The minimum Gasteiger partial charge on any atom is -0.484 e. The molecule has 1 atom stereocenters. The van der Waals surface area contributed by atoms with Crippen molar-refractivity contribution in [2.45, 2.75) is 38.6 Å². The molecule has 0 unspecified atom stereocenters. The second-order valence-electron chi connectivity index (χ2n) is 6.47. The van der Waals surface area contributed by atoms with Gasteiger partial charge in [0.1, 0.15) is 5.75 Å². The first-order valence-electron chi connectivity index (χ1n) is 7.43. The van der Waals surface area contributed by atoms with E-state index < -0.39 is 15.4 Å². The number of hydrogen-bond donors (Lipinski definition) is 1. The molecule has 0 bridgehead atoms. The zero-order valence-electron chi connectivity index (χ0n) is 13.3. The van der Waals surface area contributed by atoms with Crippen molar-refractivity contribution in [2.75, 3.05) is 18.1 Å². The van der Waals surface area contributed by atoms with Crippen LogP contribution < -0.4 is 10.1 Å². The minimum atomic E-state index is -3.04. The summed E-state index contributed by atoms with van der Waals surface area (Å²) in [5.74, 6) is 0.857. The van der Waals surface area contributed by atoms with Gasteiger partial charge in [-0.2, -0.15) is 0 Å². The average molecular weight is 325 g/mol. The maximum absolute atomic E-state index is 12.0. The van der Waals surface area contributed by atoms with Gasteiger partial charge in [-0.1, -0.05) is 26.0 Å². The first-order chi connectivity index (χ1) is 10.2. The van der Waals surface area contributed by atoms with Crippen LogP contribution in [0.5, 0.6) is 5.75 Å². The van der Waals surface area contributed by atoms with Crippen LogP contribution >= 0.6 is 0 Å². The summed E-state index contributed by atoms with van der Waals surface area (Å²) in [6.45, 7) is 5.83. The Morgan fingerprint density at radius 1 is 1.41 bits per heavy atom. The molecule has 0 aromatic heterocycles. The number of sulfone groups is 1. The molecule has 1 aromatic carbocycles. The third-order valence-electron chi connectivity index (χ3n) is 3.84. The van der Waals surface area contributed by atoms with Crippen LogP contribution in [0.15, 0.2) is 24.3 Å². The maximum Gasteiger partial charge on any atom is 0.258 e. The third kappa shape index (κ3) is 4.47. The number of rotatable bonds is 5. The average Bonchev–Trinajstić information content (AvgIpc) is 2.70. The number of hydrogen-bond acceptors (Lipinski definition) is 4. The molecule has 6 heteroatoms. The van der Waals surface area contributed by atoms with Crippen LogP contribution in [0.3, 0.4) is 0 Å². The topological polar surface area (TPSA) is 72.5 Å². The van der Waals surface area contributed by atoms with Crippen LogP contribution in [-0.4, -0.2) is 38.0 Å².